The van der Waals surface area contributed by atoms with E-state index in [9.17, 15) is 14.9 Å². The van der Waals surface area contributed by atoms with Crippen LogP contribution < -0.4 is 4.48 Å². The number of benzene rings is 1. The van der Waals surface area contributed by atoms with Crippen LogP contribution in [0.3, 0.4) is 0 Å². The molecule has 2 fully saturated rings. The minimum Gasteiger partial charge on any atom is -0.436 e. The Kier molecular flexibility index (Phi) is 4.14. The van der Waals surface area contributed by atoms with E-state index < -0.39 is 39.6 Å². The Morgan fingerprint density at radius 3 is 2.78 bits per heavy atom. The van der Waals surface area contributed by atoms with Crippen LogP contribution in [-0.2, 0) is 14.9 Å². The summed E-state index contributed by atoms with van der Waals surface area (Å²) in [5, 5.41) is 13.3. The van der Waals surface area contributed by atoms with Crippen molar-refractivity contribution >= 4 is 23.9 Å². The first kappa shape index (κ1) is 20.4. The van der Waals surface area contributed by atoms with Gasteiger partial charge >= 0.3 is 18.2 Å². The maximum atomic E-state index is 15.3. The first-order valence-electron chi connectivity index (χ1n) is 10.2. The molecule has 0 N–H and O–H groups in total. The molecule has 1 aromatic carbocycles. The van der Waals surface area contributed by atoms with Gasteiger partial charge in [-0.05, 0) is 39.7 Å². The molecule has 1 unspecified atom stereocenters. The van der Waals surface area contributed by atoms with Gasteiger partial charge in [-0.3, -0.25) is 9.42 Å². The molecule has 1 aliphatic carbocycles. The lowest BCUT2D eigenvalue weighted by atomic mass is 9.96. The summed E-state index contributed by atoms with van der Waals surface area (Å²) in [6, 6.07) is 6.19. The van der Waals surface area contributed by atoms with Crippen LogP contribution in [0.2, 0.25) is 0 Å². The van der Waals surface area contributed by atoms with E-state index in [1.165, 1.54) is 23.1 Å². The average Bonchev–Trinajstić information content (AvgIpc) is 3.15. The van der Waals surface area contributed by atoms with Crippen molar-refractivity contribution < 1.29 is 28.0 Å². The highest BCUT2D eigenvalue weighted by Crippen LogP contribution is 2.50. The third kappa shape index (κ3) is 2.94. The maximum Gasteiger partial charge on any atom is 0.532 e. The average molecular weight is 442 g/mol. The highest BCUT2D eigenvalue weighted by atomic mass is 19.1. The quantitative estimate of drug-likeness (QED) is 0.645. The molecule has 3 heterocycles. The van der Waals surface area contributed by atoms with Gasteiger partial charge in [-0.25, -0.2) is 9.18 Å². The highest BCUT2D eigenvalue weighted by molar-refractivity contribution is 5.89. The molecule has 32 heavy (non-hydrogen) atoms. The number of carbonyl (C=O) groups excluding carboxylic acids is 2. The molecule has 4 bridgehead atoms. The predicted molar refractivity (Wildman–Crippen MR) is 106 cm³/mol. The number of aromatic nitrogens is 2. The second-order valence-electron chi connectivity index (χ2n) is 9.32. The van der Waals surface area contributed by atoms with Gasteiger partial charge in [0.2, 0.25) is 5.82 Å². The Bertz CT molecular complexity index is 1180. The van der Waals surface area contributed by atoms with E-state index in [1.54, 1.807) is 20.8 Å². The number of halogens is 1. The topological polar surface area (TPSA) is 119 Å². The number of carbonyl (C=O) groups is 2. The Hall–Kier alpha value is -3.52. The number of hydrogen-bond donors (Lipinski definition) is 0. The van der Waals surface area contributed by atoms with Crippen LogP contribution in [0.4, 0.5) is 25.7 Å². The number of amides is 2. The van der Waals surface area contributed by atoms with Gasteiger partial charge < -0.3 is 9.47 Å². The van der Waals surface area contributed by atoms with E-state index in [0.29, 0.717) is 12.8 Å². The van der Waals surface area contributed by atoms with Crippen molar-refractivity contribution in [1.29, 1.82) is 5.26 Å². The van der Waals surface area contributed by atoms with Gasteiger partial charge in [-0.15, -0.1) is 4.98 Å². The third-order valence-electron chi connectivity index (χ3n) is 5.89. The lowest BCUT2D eigenvalue weighted by Gasteiger charge is -2.34. The molecule has 11 heteroatoms. The van der Waals surface area contributed by atoms with Gasteiger partial charge in [0.05, 0.1) is 18.0 Å². The molecule has 10 nitrogen and oxygen atoms in total. The molecule has 2 aromatic rings. The third-order valence-corrected chi connectivity index (χ3v) is 5.89. The molecule has 2 amide bonds. The van der Waals surface area contributed by atoms with Crippen LogP contribution in [0.15, 0.2) is 22.7 Å². The largest absolute Gasteiger partial charge is 0.532 e. The number of quaternary nitrogens is 1. The number of nitrogens with zero attached hydrogens (tertiary/aromatic N) is 5. The first-order valence-corrected chi connectivity index (χ1v) is 10.2. The molecule has 166 valence electrons. The SMILES string of the molecule is CC(C)(C)OC(=O)[N@+]1(c2ccc(C3(C#N)CC3)c(F)c2)CN2CC(OC2=O)c2noc1n2. The summed E-state index contributed by atoms with van der Waals surface area (Å²) in [6.07, 6.45) is -1.05. The van der Waals surface area contributed by atoms with Crippen LogP contribution >= 0.6 is 0 Å². The molecule has 5 rings (SSSR count). The van der Waals surface area contributed by atoms with Crippen molar-refractivity contribution in [2.45, 2.75) is 50.7 Å². The lowest BCUT2D eigenvalue weighted by molar-refractivity contribution is 0.0254. The summed E-state index contributed by atoms with van der Waals surface area (Å²) in [5.41, 5.74) is -1.34. The molecule has 0 radical (unpaired) electrons. The second-order valence-corrected chi connectivity index (χ2v) is 9.32. The number of rotatable bonds is 2. The molecule has 1 aromatic heterocycles. The zero-order valence-corrected chi connectivity index (χ0v) is 17.8. The number of nitriles is 1. The standard InChI is InChI=1S/C21H21FN5O5/c1-20(2,3)31-19(29)27(12-4-5-13(14(22)8-12)21(10-23)6-7-21)11-26-9-15(30-18(26)28)16-24-17(27)32-25-16/h4-5,8,15H,6-7,9,11H2,1-3H3/q+1/t15?,27-/m0/s1. The summed E-state index contributed by atoms with van der Waals surface area (Å²) >= 11 is 0. The molecule has 2 aliphatic heterocycles. The van der Waals surface area contributed by atoms with Gasteiger partial charge in [0.1, 0.15) is 11.4 Å². The number of hydrogen-bond acceptors (Lipinski definition) is 8. The normalized spacial score (nSPS) is 25.4. The minimum absolute atomic E-state index is 0.110. The second kappa shape index (κ2) is 6.49. The van der Waals surface area contributed by atoms with Crippen molar-refractivity contribution in [1.82, 2.24) is 19.5 Å². The van der Waals surface area contributed by atoms with Crippen LogP contribution in [0, 0.1) is 17.1 Å². The fraction of sp³-hybridized carbons (Fsp3) is 0.476. The Morgan fingerprint density at radius 1 is 1.41 bits per heavy atom. The molecule has 2 atom stereocenters. The molecule has 3 aliphatic rings. The van der Waals surface area contributed by atoms with Crippen molar-refractivity contribution in [3.05, 3.63) is 35.4 Å². The first-order chi connectivity index (χ1) is 15.1. The number of ether oxygens (including phenoxy) is 2. The van der Waals surface area contributed by atoms with Gasteiger partial charge in [0, 0.05) is 17.7 Å². The smallest absolute Gasteiger partial charge is 0.436 e. The van der Waals surface area contributed by atoms with Gasteiger partial charge in [-0.1, -0.05) is 9.64 Å². The number of fused-ring (bicyclic) bond motifs is 5. The van der Waals surface area contributed by atoms with E-state index in [0.717, 1.165) is 0 Å². The summed E-state index contributed by atoms with van der Waals surface area (Å²) < 4.78 is 30.8. The lowest BCUT2D eigenvalue weighted by Crippen LogP contribution is -2.58. The van der Waals surface area contributed by atoms with Crippen molar-refractivity contribution in [2.24, 2.45) is 0 Å². The van der Waals surface area contributed by atoms with Crippen LogP contribution in [-0.4, -0.2) is 46.0 Å². The molecule has 1 saturated carbocycles. The summed E-state index contributed by atoms with van der Waals surface area (Å²) in [5.74, 6) is -0.522. The van der Waals surface area contributed by atoms with Crippen LogP contribution in [0.5, 0.6) is 0 Å². The Morgan fingerprint density at radius 2 is 2.16 bits per heavy atom. The molecule has 0 spiro atoms. The van der Waals surface area contributed by atoms with Crippen LogP contribution in [0.1, 0.15) is 51.1 Å². The fourth-order valence-electron chi connectivity index (χ4n) is 4.06. The molecular formula is C21H21FN5O5+. The van der Waals surface area contributed by atoms with Crippen LogP contribution in [0.25, 0.3) is 0 Å². The molecular weight excluding hydrogens is 421 g/mol. The summed E-state index contributed by atoms with van der Waals surface area (Å²) in [4.78, 5) is 31.7. The maximum absolute atomic E-state index is 15.3. The monoisotopic (exact) mass is 442 g/mol. The summed E-state index contributed by atoms with van der Waals surface area (Å²) in [6.45, 7) is 4.90. The Labute approximate surface area is 182 Å². The van der Waals surface area contributed by atoms with E-state index in [4.69, 9.17) is 14.0 Å². The van der Waals surface area contributed by atoms with E-state index in [1.807, 2.05) is 0 Å². The fourth-order valence-corrected chi connectivity index (χ4v) is 4.06. The van der Waals surface area contributed by atoms with E-state index in [-0.39, 0.29) is 36.3 Å². The zero-order chi connectivity index (χ0) is 22.9. The van der Waals surface area contributed by atoms with Crippen molar-refractivity contribution in [3.63, 3.8) is 0 Å². The predicted octanol–water partition coefficient (Wildman–Crippen LogP) is 3.80. The molecule has 1 saturated heterocycles. The summed E-state index contributed by atoms with van der Waals surface area (Å²) in [7, 11) is 0. The van der Waals surface area contributed by atoms with E-state index in [2.05, 4.69) is 16.2 Å². The zero-order valence-electron chi connectivity index (χ0n) is 17.8. The van der Waals surface area contributed by atoms with Gasteiger partial charge in [-0.2, -0.15) is 10.1 Å². The van der Waals surface area contributed by atoms with Gasteiger partial charge in [0.15, 0.2) is 18.5 Å². The Balaban J connectivity index is 1.70. The minimum atomic E-state index is -0.890. The van der Waals surface area contributed by atoms with Crippen molar-refractivity contribution in [3.8, 4) is 6.07 Å². The van der Waals surface area contributed by atoms with Crippen molar-refractivity contribution in [2.75, 3.05) is 13.2 Å². The van der Waals surface area contributed by atoms with E-state index >= 15 is 4.39 Å². The van der Waals surface area contributed by atoms with Gasteiger partial charge in [0.25, 0.3) is 0 Å². The highest BCUT2D eigenvalue weighted by Gasteiger charge is 2.57.